The number of nitrogens with two attached hydrogens (primary N) is 1. The highest BCUT2D eigenvalue weighted by Crippen LogP contribution is 2.26. The summed E-state index contributed by atoms with van der Waals surface area (Å²) in [5, 5.41) is 3.08. The Morgan fingerprint density at radius 1 is 1.33 bits per heavy atom. The van der Waals surface area contributed by atoms with Gasteiger partial charge in [-0.2, -0.15) is 0 Å². The Balaban J connectivity index is 0.00000220. The third kappa shape index (κ3) is 4.97. The second-order valence-corrected chi connectivity index (χ2v) is 6.74. The van der Waals surface area contributed by atoms with Gasteiger partial charge in [-0.15, -0.1) is 12.4 Å². The summed E-state index contributed by atoms with van der Waals surface area (Å²) in [4.78, 5) is 12.4. The van der Waals surface area contributed by atoms with E-state index in [2.05, 4.69) is 27.3 Å². The van der Waals surface area contributed by atoms with E-state index in [1.54, 1.807) is 0 Å². The summed E-state index contributed by atoms with van der Waals surface area (Å²) in [5.74, 6) is 0.0109. The van der Waals surface area contributed by atoms with Crippen LogP contribution in [0.5, 0.6) is 0 Å². The van der Waals surface area contributed by atoms with Crippen LogP contribution in [0.4, 0.5) is 0 Å². The third-order valence-electron chi connectivity index (χ3n) is 4.06. The van der Waals surface area contributed by atoms with Crippen molar-refractivity contribution in [3.05, 3.63) is 34.3 Å². The van der Waals surface area contributed by atoms with Gasteiger partial charge in [-0.05, 0) is 37.8 Å². The normalized spacial score (nSPS) is 18.4. The van der Waals surface area contributed by atoms with Crippen molar-refractivity contribution >= 4 is 34.2 Å². The molecule has 1 unspecified atom stereocenters. The van der Waals surface area contributed by atoms with Gasteiger partial charge in [0.15, 0.2) is 0 Å². The summed E-state index contributed by atoms with van der Waals surface area (Å²) in [5.41, 5.74) is 6.80. The number of nitrogens with one attached hydrogen (secondary N) is 1. The zero-order chi connectivity index (χ0) is 14.6. The molecule has 1 aliphatic carbocycles. The van der Waals surface area contributed by atoms with Crippen LogP contribution in [-0.2, 0) is 11.2 Å². The van der Waals surface area contributed by atoms with E-state index in [-0.39, 0.29) is 24.4 Å². The molecule has 21 heavy (non-hydrogen) atoms. The Morgan fingerprint density at radius 3 is 2.57 bits per heavy atom. The second kappa shape index (κ2) is 8.16. The molecule has 0 saturated heterocycles. The molecule has 3 N–H and O–H groups in total. The molecule has 5 heteroatoms. The Hall–Kier alpha value is -0.580. The van der Waals surface area contributed by atoms with Crippen LogP contribution in [-0.4, -0.2) is 17.5 Å². The maximum absolute atomic E-state index is 12.4. The fraction of sp³-hybridized carbons (Fsp3) is 0.562. The minimum absolute atomic E-state index is 0. The molecule has 0 radical (unpaired) electrons. The number of carbonyl (C=O) groups excluding carboxylic acids is 1. The molecule has 1 aromatic rings. The molecule has 1 fully saturated rings. The summed E-state index contributed by atoms with van der Waals surface area (Å²) >= 11 is 3.54. The predicted octanol–water partition coefficient (Wildman–Crippen LogP) is 3.58. The third-order valence-corrected chi connectivity index (χ3v) is 4.83. The lowest BCUT2D eigenvalue weighted by Crippen LogP contribution is -2.56. The van der Waals surface area contributed by atoms with E-state index in [4.69, 9.17) is 5.73 Å². The highest BCUT2D eigenvalue weighted by atomic mass is 79.9. The van der Waals surface area contributed by atoms with Crippen molar-refractivity contribution in [2.45, 2.75) is 57.0 Å². The summed E-state index contributed by atoms with van der Waals surface area (Å²) in [6, 6.07) is 8.19. The van der Waals surface area contributed by atoms with E-state index in [1.165, 1.54) is 12.0 Å². The fourth-order valence-corrected chi connectivity index (χ4v) is 3.27. The van der Waals surface area contributed by atoms with E-state index in [9.17, 15) is 4.79 Å². The van der Waals surface area contributed by atoms with Crippen molar-refractivity contribution in [3.63, 3.8) is 0 Å². The lowest BCUT2D eigenvalue weighted by molar-refractivity contribution is -0.128. The Morgan fingerprint density at radius 2 is 1.95 bits per heavy atom. The molecule has 0 aliphatic heterocycles. The van der Waals surface area contributed by atoms with E-state index < -0.39 is 5.54 Å². The maximum Gasteiger partial charge on any atom is 0.240 e. The Kier molecular flexibility index (Phi) is 7.17. The number of halogens is 2. The summed E-state index contributed by atoms with van der Waals surface area (Å²) in [6.45, 7) is 2.03. The zero-order valence-corrected chi connectivity index (χ0v) is 14.8. The van der Waals surface area contributed by atoms with Gasteiger partial charge in [-0.3, -0.25) is 4.79 Å². The van der Waals surface area contributed by atoms with Crippen molar-refractivity contribution in [3.8, 4) is 0 Å². The number of carbonyl (C=O) groups is 1. The molecular formula is C16H24BrClN2O. The van der Waals surface area contributed by atoms with Crippen molar-refractivity contribution in [1.29, 1.82) is 0 Å². The minimum Gasteiger partial charge on any atom is -0.352 e. The number of rotatable bonds is 4. The largest absolute Gasteiger partial charge is 0.352 e. The van der Waals surface area contributed by atoms with Gasteiger partial charge in [0.1, 0.15) is 0 Å². The van der Waals surface area contributed by atoms with Crippen molar-refractivity contribution < 1.29 is 4.79 Å². The van der Waals surface area contributed by atoms with Crippen molar-refractivity contribution in [2.24, 2.45) is 5.73 Å². The van der Waals surface area contributed by atoms with Crippen LogP contribution in [0.15, 0.2) is 28.7 Å². The molecular weight excluding hydrogens is 352 g/mol. The predicted molar refractivity (Wildman–Crippen MR) is 92.7 cm³/mol. The fourth-order valence-electron chi connectivity index (χ4n) is 2.82. The summed E-state index contributed by atoms with van der Waals surface area (Å²) < 4.78 is 1.08. The first-order chi connectivity index (χ1) is 9.51. The van der Waals surface area contributed by atoms with Gasteiger partial charge in [-0.1, -0.05) is 53.4 Å². The van der Waals surface area contributed by atoms with E-state index in [0.29, 0.717) is 0 Å². The van der Waals surface area contributed by atoms with Crippen LogP contribution < -0.4 is 11.1 Å². The lowest BCUT2D eigenvalue weighted by atomic mass is 9.81. The lowest BCUT2D eigenvalue weighted by Gasteiger charge is -2.33. The molecule has 0 bridgehead atoms. The molecule has 2 rings (SSSR count). The zero-order valence-electron chi connectivity index (χ0n) is 12.4. The molecule has 118 valence electrons. The molecule has 0 heterocycles. The van der Waals surface area contributed by atoms with Gasteiger partial charge >= 0.3 is 0 Å². The van der Waals surface area contributed by atoms with Crippen LogP contribution in [0.25, 0.3) is 0 Å². The first kappa shape index (κ1) is 18.5. The monoisotopic (exact) mass is 374 g/mol. The highest BCUT2D eigenvalue weighted by Gasteiger charge is 2.35. The number of benzene rings is 1. The molecule has 0 spiro atoms. The van der Waals surface area contributed by atoms with Crippen LogP contribution in [0.2, 0.25) is 0 Å². The van der Waals surface area contributed by atoms with Gasteiger partial charge < -0.3 is 11.1 Å². The van der Waals surface area contributed by atoms with Gasteiger partial charge in [0.25, 0.3) is 0 Å². The number of amides is 1. The summed E-state index contributed by atoms with van der Waals surface area (Å²) in [6.07, 6.45) is 5.73. The first-order valence-electron chi connectivity index (χ1n) is 7.34. The number of hydrogen-bond acceptors (Lipinski definition) is 2. The Labute approximate surface area is 141 Å². The van der Waals surface area contributed by atoms with Gasteiger partial charge in [-0.25, -0.2) is 0 Å². The average molecular weight is 376 g/mol. The smallest absolute Gasteiger partial charge is 0.240 e. The minimum atomic E-state index is -0.652. The molecule has 1 aliphatic rings. The van der Waals surface area contributed by atoms with Crippen LogP contribution in [0.1, 0.15) is 44.6 Å². The van der Waals surface area contributed by atoms with Gasteiger partial charge in [0.2, 0.25) is 5.91 Å². The standard InChI is InChI=1S/C16H23BrN2O.ClH/c1-12(11-13-7-3-4-8-14(13)17)19-15(20)16(18)9-5-2-6-10-16;/h3-4,7-8,12H,2,5-6,9-11,18H2,1H3,(H,19,20);1H. The number of hydrogen-bond donors (Lipinski definition) is 2. The average Bonchev–Trinajstić information content (AvgIpc) is 2.42. The molecule has 0 aromatic heterocycles. The van der Waals surface area contributed by atoms with E-state index >= 15 is 0 Å². The quantitative estimate of drug-likeness (QED) is 0.845. The molecule has 1 saturated carbocycles. The Bertz CT molecular complexity index is 475. The SMILES string of the molecule is CC(Cc1ccccc1Br)NC(=O)C1(N)CCCCC1.Cl. The van der Waals surface area contributed by atoms with E-state index in [0.717, 1.165) is 36.6 Å². The second-order valence-electron chi connectivity index (χ2n) is 5.89. The van der Waals surface area contributed by atoms with Gasteiger partial charge in [0, 0.05) is 10.5 Å². The highest BCUT2D eigenvalue weighted by molar-refractivity contribution is 9.10. The maximum atomic E-state index is 12.4. The van der Waals surface area contributed by atoms with Crippen LogP contribution in [0, 0.1) is 0 Å². The van der Waals surface area contributed by atoms with Crippen molar-refractivity contribution in [1.82, 2.24) is 5.32 Å². The van der Waals surface area contributed by atoms with E-state index in [1.807, 2.05) is 25.1 Å². The van der Waals surface area contributed by atoms with Crippen LogP contribution >= 0.6 is 28.3 Å². The van der Waals surface area contributed by atoms with Crippen molar-refractivity contribution in [2.75, 3.05) is 0 Å². The molecule has 1 aromatic carbocycles. The molecule has 3 nitrogen and oxygen atoms in total. The van der Waals surface area contributed by atoms with Crippen LogP contribution in [0.3, 0.4) is 0 Å². The molecule has 1 amide bonds. The topological polar surface area (TPSA) is 55.1 Å². The molecule has 1 atom stereocenters. The first-order valence-corrected chi connectivity index (χ1v) is 8.14. The summed E-state index contributed by atoms with van der Waals surface area (Å²) in [7, 11) is 0. The van der Waals surface area contributed by atoms with Gasteiger partial charge in [0.05, 0.1) is 5.54 Å².